The van der Waals surface area contributed by atoms with Crippen LogP contribution in [0.3, 0.4) is 0 Å². The summed E-state index contributed by atoms with van der Waals surface area (Å²) < 4.78 is 54.0. The van der Waals surface area contributed by atoms with E-state index in [1.165, 1.54) is 12.1 Å². The van der Waals surface area contributed by atoms with E-state index in [1.807, 2.05) is 25.1 Å². The standard InChI is InChI=1S/C30H27F2N7O2S/c1-39(2)16-18-11-20(15-33-14-18)22-4-5-24-25(26(22)32)28(38-37-24)30-35-27-23(6-8-34-29(27)36-30)19-10-17(12-21(31)13-19)7-9-42(3,40)41/h4-6,8,10-15H,7,9,16H2,1-3H3,(H,37,38)(H,34,35,36). The van der Waals surface area contributed by atoms with Crippen molar-refractivity contribution in [3.63, 3.8) is 0 Å². The van der Waals surface area contributed by atoms with Gasteiger partial charge >= 0.3 is 0 Å². The molecule has 6 rings (SSSR count). The molecular weight excluding hydrogens is 560 g/mol. The van der Waals surface area contributed by atoms with Crippen LogP contribution in [0.5, 0.6) is 0 Å². The van der Waals surface area contributed by atoms with Gasteiger partial charge in [-0.2, -0.15) is 5.10 Å². The maximum Gasteiger partial charge on any atom is 0.178 e. The van der Waals surface area contributed by atoms with Crippen LogP contribution in [0.2, 0.25) is 0 Å². The molecule has 0 bridgehead atoms. The number of benzene rings is 2. The molecule has 0 saturated carbocycles. The third-order valence-electron chi connectivity index (χ3n) is 6.92. The number of aromatic amines is 2. The number of sulfone groups is 1. The van der Waals surface area contributed by atoms with Gasteiger partial charge in [-0.15, -0.1) is 0 Å². The first-order valence-electron chi connectivity index (χ1n) is 13.1. The SMILES string of the molecule is CN(C)Cc1cncc(-c2ccc3[nH]nc(-c4nc5nccc(-c6cc(F)cc(CCS(C)(=O)=O)c6)c5[nH]4)c3c2F)c1. The van der Waals surface area contributed by atoms with Crippen LogP contribution in [0, 0.1) is 11.6 Å². The van der Waals surface area contributed by atoms with Crippen LogP contribution in [0.25, 0.3) is 55.8 Å². The average molecular weight is 588 g/mol. The zero-order chi connectivity index (χ0) is 29.6. The van der Waals surface area contributed by atoms with Gasteiger partial charge in [0.15, 0.2) is 11.5 Å². The van der Waals surface area contributed by atoms with Crippen LogP contribution in [-0.2, 0) is 22.8 Å². The van der Waals surface area contributed by atoms with Crippen molar-refractivity contribution < 1.29 is 17.2 Å². The predicted molar refractivity (Wildman–Crippen MR) is 158 cm³/mol. The molecule has 0 aliphatic heterocycles. The van der Waals surface area contributed by atoms with Gasteiger partial charge in [0.05, 0.1) is 22.2 Å². The average Bonchev–Trinajstić information content (AvgIpc) is 3.56. The minimum Gasteiger partial charge on any atom is -0.335 e. The number of hydrogen-bond donors (Lipinski definition) is 2. The lowest BCUT2D eigenvalue weighted by Gasteiger charge is -2.11. The van der Waals surface area contributed by atoms with Crippen molar-refractivity contribution in [3.8, 4) is 33.8 Å². The van der Waals surface area contributed by atoms with E-state index in [0.717, 1.165) is 11.8 Å². The Morgan fingerprint density at radius 3 is 2.55 bits per heavy atom. The number of H-pyrrole nitrogens is 2. The maximum absolute atomic E-state index is 16.1. The highest BCUT2D eigenvalue weighted by atomic mass is 32.2. The fourth-order valence-corrected chi connectivity index (χ4v) is 5.68. The van der Waals surface area contributed by atoms with Crippen LogP contribution in [-0.4, -0.2) is 69.6 Å². The number of aryl methyl sites for hydroxylation is 1. The molecule has 12 heteroatoms. The maximum atomic E-state index is 16.1. The topological polar surface area (TPSA) is 121 Å². The van der Waals surface area contributed by atoms with Gasteiger partial charge in [-0.1, -0.05) is 6.07 Å². The summed E-state index contributed by atoms with van der Waals surface area (Å²) in [5.74, 6) is -0.751. The molecule has 0 saturated heterocycles. The first-order chi connectivity index (χ1) is 20.1. The highest BCUT2D eigenvalue weighted by Crippen LogP contribution is 2.35. The third-order valence-corrected chi connectivity index (χ3v) is 7.86. The minimum absolute atomic E-state index is 0.0916. The number of pyridine rings is 2. The molecule has 0 atom stereocenters. The number of halogens is 2. The van der Waals surface area contributed by atoms with Gasteiger partial charge in [-0.3, -0.25) is 10.1 Å². The quantitative estimate of drug-likeness (QED) is 0.252. The second-order valence-electron chi connectivity index (χ2n) is 10.6. The van der Waals surface area contributed by atoms with Gasteiger partial charge in [0.25, 0.3) is 0 Å². The molecule has 0 unspecified atom stereocenters. The Morgan fingerprint density at radius 2 is 1.76 bits per heavy atom. The van der Waals surface area contributed by atoms with Crippen LogP contribution in [0.15, 0.2) is 61.1 Å². The zero-order valence-electron chi connectivity index (χ0n) is 23.1. The molecule has 0 fully saturated rings. The number of fused-ring (bicyclic) bond motifs is 2. The molecule has 4 aromatic heterocycles. The van der Waals surface area contributed by atoms with Crippen molar-refractivity contribution in [1.82, 2.24) is 35.0 Å². The molecule has 2 N–H and O–H groups in total. The summed E-state index contributed by atoms with van der Waals surface area (Å²) in [5.41, 5.74) is 5.32. The number of rotatable bonds is 8. The van der Waals surface area contributed by atoms with Gasteiger partial charge in [0.1, 0.15) is 27.2 Å². The second kappa shape index (κ2) is 10.7. The third kappa shape index (κ3) is 5.50. The Hall–Kier alpha value is -4.55. The highest BCUT2D eigenvalue weighted by Gasteiger charge is 2.21. The van der Waals surface area contributed by atoms with Gasteiger partial charge in [0, 0.05) is 48.1 Å². The van der Waals surface area contributed by atoms with Crippen LogP contribution >= 0.6 is 0 Å². The monoisotopic (exact) mass is 587 g/mol. The molecule has 0 amide bonds. The molecule has 2 aromatic carbocycles. The summed E-state index contributed by atoms with van der Waals surface area (Å²) in [6.45, 7) is 0.667. The molecule has 9 nitrogen and oxygen atoms in total. The largest absolute Gasteiger partial charge is 0.335 e. The minimum atomic E-state index is -3.21. The van der Waals surface area contributed by atoms with Crippen molar-refractivity contribution >= 4 is 31.9 Å². The molecule has 0 aliphatic carbocycles. The summed E-state index contributed by atoms with van der Waals surface area (Å²) in [4.78, 5) is 18.5. The molecule has 214 valence electrons. The van der Waals surface area contributed by atoms with Crippen molar-refractivity contribution in [2.45, 2.75) is 13.0 Å². The smallest absolute Gasteiger partial charge is 0.178 e. The zero-order valence-corrected chi connectivity index (χ0v) is 23.9. The van der Waals surface area contributed by atoms with Gasteiger partial charge in [0.2, 0.25) is 0 Å². The summed E-state index contributed by atoms with van der Waals surface area (Å²) in [6, 6.07) is 11.5. The molecule has 0 radical (unpaired) electrons. The lowest BCUT2D eigenvalue weighted by molar-refractivity contribution is 0.402. The summed E-state index contributed by atoms with van der Waals surface area (Å²) in [7, 11) is 0.697. The first kappa shape index (κ1) is 27.6. The van der Waals surface area contributed by atoms with Gasteiger partial charge in [-0.25, -0.2) is 27.2 Å². The highest BCUT2D eigenvalue weighted by molar-refractivity contribution is 7.90. The van der Waals surface area contributed by atoms with Crippen LogP contribution < -0.4 is 0 Å². The normalized spacial score (nSPS) is 12.1. The van der Waals surface area contributed by atoms with Crippen LogP contribution in [0.1, 0.15) is 11.1 Å². The molecule has 4 heterocycles. The number of nitrogens with one attached hydrogen (secondary N) is 2. The fraction of sp³-hybridized carbons (Fsp3) is 0.200. The fourth-order valence-electron chi connectivity index (χ4n) is 5.07. The van der Waals surface area contributed by atoms with E-state index in [9.17, 15) is 12.8 Å². The lowest BCUT2D eigenvalue weighted by Crippen LogP contribution is -2.10. The van der Waals surface area contributed by atoms with E-state index >= 15 is 4.39 Å². The molecule has 6 aromatic rings. The number of aromatic nitrogens is 6. The lowest BCUT2D eigenvalue weighted by atomic mass is 10.0. The second-order valence-corrected chi connectivity index (χ2v) is 12.9. The van der Waals surface area contributed by atoms with Crippen molar-refractivity contribution in [1.29, 1.82) is 0 Å². The Labute approximate surface area is 240 Å². The van der Waals surface area contributed by atoms with E-state index < -0.39 is 21.5 Å². The summed E-state index contributed by atoms with van der Waals surface area (Å²) >= 11 is 0. The molecular formula is C30H27F2N7O2S. The number of imidazole rings is 1. The number of hydrogen-bond acceptors (Lipinski definition) is 7. The van der Waals surface area contributed by atoms with E-state index in [1.54, 1.807) is 42.9 Å². The Bertz CT molecular complexity index is 2070. The van der Waals surface area contributed by atoms with Gasteiger partial charge < -0.3 is 9.88 Å². The molecule has 0 aliphatic rings. The number of nitrogens with zero attached hydrogens (tertiary/aromatic N) is 5. The van der Waals surface area contributed by atoms with Crippen molar-refractivity contribution in [3.05, 3.63) is 83.8 Å². The van der Waals surface area contributed by atoms with E-state index in [2.05, 4.69) is 30.1 Å². The van der Waals surface area contributed by atoms with Gasteiger partial charge in [-0.05, 0) is 73.6 Å². The Morgan fingerprint density at radius 1 is 0.952 bits per heavy atom. The molecule has 42 heavy (non-hydrogen) atoms. The predicted octanol–water partition coefficient (Wildman–Crippen LogP) is 5.16. The van der Waals surface area contributed by atoms with Crippen molar-refractivity contribution in [2.75, 3.05) is 26.1 Å². The van der Waals surface area contributed by atoms with Crippen LogP contribution in [0.4, 0.5) is 8.78 Å². The summed E-state index contributed by atoms with van der Waals surface area (Å²) in [6.07, 6.45) is 6.27. The Balaban J connectivity index is 1.43. The first-order valence-corrected chi connectivity index (χ1v) is 15.2. The van der Waals surface area contributed by atoms with E-state index in [-0.39, 0.29) is 23.3 Å². The Kier molecular flexibility index (Phi) is 7.03. The molecule has 0 spiro atoms. The van der Waals surface area contributed by atoms with E-state index in [0.29, 0.717) is 56.9 Å². The van der Waals surface area contributed by atoms with E-state index in [4.69, 9.17) is 0 Å². The summed E-state index contributed by atoms with van der Waals surface area (Å²) in [5, 5.41) is 7.51. The van der Waals surface area contributed by atoms with Crippen molar-refractivity contribution in [2.24, 2.45) is 0 Å².